The van der Waals surface area contributed by atoms with Crippen molar-refractivity contribution in [2.45, 2.75) is 12.8 Å². The molecule has 0 spiro atoms. The molecule has 0 saturated heterocycles. The first-order valence-corrected chi connectivity index (χ1v) is 6.40. The van der Waals surface area contributed by atoms with Gasteiger partial charge in [-0.3, -0.25) is 0 Å². The molecule has 0 aromatic heterocycles. The second kappa shape index (κ2) is 5.06. The second-order valence-electron chi connectivity index (χ2n) is 3.57. The van der Waals surface area contributed by atoms with Crippen LogP contribution in [0.5, 0.6) is 0 Å². The summed E-state index contributed by atoms with van der Waals surface area (Å²) >= 11 is 0. The van der Waals surface area contributed by atoms with Crippen molar-refractivity contribution in [3.05, 3.63) is 0 Å². The highest BCUT2D eigenvalue weighted by Crippen LogP contribution is 2.31. The Balaban J connectivity index is 2.53. The number of hydrogen-bond donors (Lipinski definition) is 2. The molecule has 5 nitrogen and oxygen atoms in total. The van der Waals surface area contributed by atoms with E-state index in [0.717, 1.165) is 17.1 Å². The molecule has 1 fully saturated rings. The fraction of sp³-hybridized carbons (Fsp3) is 1.00. The molecule has 0 aromatic carbocycles. The van der Waals surface area contributed by atoms with E-state index < -0.39 is 10.0 Å². The summed E-state index contributed by atoms with van der Waals surface area (Å²) in [6, 6.07) is 0. The van der Waals surface area contributed by atoms with Crippen LogP contribution in [0.1, 0.15) is 12.8 Å². The van der Waals surface area contributed by atoms with Crippen LogP contribution in [-0.2, 0) is 10.0 Å². The van der Waals surface area contributed by atoms with Gasteiger partial charge in [-0.2, -0.15) is 4.31 Å². The van der Waals surface area contributed by atoms with Crippen LogP contribution in [0.2, 0.25) is 0 Å². The summed E-state index contributed by atoms with van der Waals surface area (Å²) in [7, 11) is -3.27. The molecule has 2 N–H and O–H groups in total. The van der Waals surface area contributed by atoms with Crippen LogP contribution in [0.3, 0.4) is 0 Å². The number of sulfonamides is 1. The molecule has 84 valence electrons. The predicted octanol–water partition coefficient (Wildman–Crippen LogP) is -0.987. The Hall–Kier alpha value is -0.170. The zero-order valence-corrected chi connectivity index (χ0v) is 8.91. The van der Waals surface area contributed by atoms with Gasteiger partial charge in [0.05, 0.1) is 19.0 Å². The molecule has 0 amide bonds. The first-order valence-electron chi connectivity index (χ1n) is 4.79. The molecule has 14 heavy (non-hydrogen) atoms. The van der Waals surface area contributed by atoms with Gasteiger partial charge in [-0.1, -0.05) is 0 Å². The van der Waals surface area contributed by atoms with Gasteiger partial charge in [-0.05, 0) is 18.8 Å². The van der Waals surface area contributed by atoms with Crippen LogP contribution in [0, 0.1) is 5.92 Å². The maximum atomic E-state index is 11.7. The van der Waals surface area contributed by atoms with Gasteiger partial charge in [-0.15, -0.1) is 0 Å². The average Bonchev–Trinajstić information content (AvgIpc) is 2.87. The Kier molecular flexibility index (Phi) is 4.31. The van der Waals surface area contributed by atoms with E-state index in [-0.39, 0.29) is 32.1 Å². The zero-order valence-electron chi connectivity index (χ0n) is 8.09. The number of aliphatic hydroxyl groups excluding tert-OH is 2. The van der Waals surface area contributed by atoms with Gasteiger partial charge in [0.15, 0.2) is 0 Å². The van der Waals surface area contributed by atoms with Crippen molar-refractivity contribution in [2.24, 2.45) is 5.92 Å². The molecule has 1 aliphatic rings. The Morgan fingerprint density at radius 1 is 1.14 bits per heavy atom. The highest BCUT2D eigenvalue weighted by Gasteiger charge is 2.31. The smallest absolute Gasteiger partial charge is 0.214 e. The third-order valence-corrected chi connectivity index (χ3v) is 4.28. The lowest BCUT2D eigenvalue weighted by molar-refractivity contribution is 0.217. The first kappa shape index (κ1) is 11.9. The Bertz CT molecular complexity index is 255. The first-order chi connectivity index (χ1) is 6.60. The number of nitrogens with zero attached hydrogens (tertiary/aromatic N) is 1. The lowest BCUT2D eigenvalue weighted by atomic mass is 10.5. The van der Waals surface area contributed by atoms with Crippen molar-refractivity contribution in [2.75, 3.05) is 32.1 Å². The lowest BCUT2D eigenvalue weighted by Crippen LogP contribution is -2.37. The number of rotatable bonds is 7. The zero-order chi connectivity index (χ0) is 10.6. The summed E-state index contributed by atoms with van der Waals surface area (Å²) in [4.78, 5) is 0. The van der Waals surface area contributed by atoms with Gasteiger partial charge in [0.25, 0.3) is 0 Å². The highest BCUT2D eigenvalue weighted by atomic mass is 32.2. The van der Waals surface area contributed by atoms with Crippen molar-refractivity contribution in [3.8, 4) is 0 Å². The second-order valence-corrected chi connectivity index (χ2v) is 5.58. The molecule has 0 bridgehead atoms. The summed E-state index contributed by atoms with van der Waals surface area (Å²) in [5, 5.41) is 17.4. The minimum absolute atomic E-state index is 0.0790. The van der Waals surface area contributed by atoms with E-state index in [1.54, 1.807) is 0 Å². The number of hydrogen-bond acceptors (Lipinski definition) is 4. The van der Waals surface area contributed by atoms with E-state index in [2.05, 4.69) is 0 Å². The predicted molar refractivity (Wildman–Crippen MR) is 52.3 cm³/mol. The van der Waals surface area contributed by atoms with Crippen LogP contribution in [0.15, 0.2) is 0 Å². The topological polar surface area (TPSA) is 77.8 Å². The van der Waals surface area contributed by atoms with Crippen molar-refractivity contribution >= 4 is 10.0 Å². The molecule has 0 heterocycles. The average molecular weight is 223 g/mol. The maximum absolute atomic E-state index is 11.7. The minimum Gasteiger partial charge on any atom is -0.395 e. The molecular weight excluding hydrogens is 206 g/mol. The summed E-state index contributed by atoms with van der Waals surface area (Å²) in [6.45, 7) is -0.251. The molecule has 1 saturated carbocycles. The van der Waals surface area contributed by atoms with Gasteiger partial charge in [0.1, 0.15) is 0 Å². The molecule has 1 rings (SSSR count). The minimum atomic E-state index is -3.27. The summed E-state index contributed by atoms with van der Waals surface area (Å²) in [6.07, 6.45) is 1.96. The van der Waals surface area contributed by atoms with Gasteiger partial charge >= 0.3 is 0 Å². The van der Waals surface area contributed by atoms with Crippen LogP contribution < -0.4 is 0 Å². The molecule has 6 heteroatoms. The molecule has 0 aromatic rings. The summed E-state index contributed by atoms with van der Waals surface area (Å²) in [5.41, 5.74) is 0. The van der Waals surface area contributed by atoms with Gasteiger partial charge < -0.3 is 10.2 Å². The van der Waals surface area contributed by atoms with Crippen molar-refractivity contribution in [3.63, 3.8) is 0 Å². The van der Waals surface area contributed by atoms with E-state index in [1.807, 2.05) is 0 Å². The van der Waals surface area contributed by atoms with Crippen LogP contribution in [0.4, 0.5) is 0 Å². The van der Waals surface area contributed by atoms with Crippen LogP contribution in [-0.4, -0.2) is 55.0 Å². The summed E-state index contributed by atoms with van der Waals surface area (Å²) < 4.78 is 24.5. The SMILES string of the molecule is O=S(=O)(CC1CC1)N(CCO)CCO. The third-order valence-electron chi connectivity index (χ3n) is 2.24. The van der Waals surface area contributed by atoms with Crippen molar-refractivity contribution in [1.82, 2.24) is 4.31 Å². The van der Waals surface area contributed by atoms with Gasteiger partial charge in [-0.25, -0.2) is 8.42 Å². The van der Waals surface area contributed by atoms with E-state index >= 15 is 0 Å². The highest BCUT2D eigenvalue weighted by molar-refractivity contribution is 7.89. The molecule has 0 aliphatic heterocycles. The standard InChI is InChI=1S/C8H17NO4S/c10-5-3-9(4-6-11)14(12,13)7-8-1-2-8/h8,10-11H,1-7H2. The van der Waals surface area contributed by atoms with Crippen molar-refractivity contribution < 1.29 is 18.6 Å². The Morgan fingerprint density at radius 2 is 1.64 bits per heavy atom. The number of aliphatic hydroxyl groups is 2. The molecular formula is C8H17NO4S. The van der Waals surface area contributed by atoms with Gasteiger partial charge in [0, 0.05) is 13.1 Å². The quantitative estimate of drug-likeness (QED) is 0.581. The van der Waals surface area contributed by atoms with Gasteiger partial charge in [0.2, 0.25) is 10.0 Å². The van der Waals surface area contributed by atoms with E-state index in [4.69, 9.17) is 10.2 Å². The Morgan fingerprint density at radius 3 is 2.00 bits per heavy atom. The monoisotopic (exact) mass is 223 g/mol. The van der Waals surface area contributed by atoms with Crippen LogP contribution in [0.25, 0.3) is 0 Å². The maximum Gasteiger partial charge on any atom is 0.214 e. The normalized spacial score (nSPS) is 17.6. The fourth-order valence-corrected chi connectivity index (χ4v) is 3.16. The fourth-order valence-electron chi connectivity index (χ4n) is 1.30. The van der Waals surface area contributed by atoms with E-state index in [1.165, 1.54) is 0 Å². The van der Waals surface area contributed by atoms with Crippen molar-refractivity contribution in [1.29, 1.82) is 0 Å². The molecule has 0 radical (unpaired) electrons. The van der Waals surface area contributed by atoms with Crippen LogP contribution >= 0.6 is 0 Å². The molecule has 0 unspecified atom stereocenters. The molecule has 1 aliphatic carbocycles. The largest absolute Gasteiger partial charge is 0.395 e. The Labute approximate surface area is 84.4 Å². The third kappa shape index (κ3) is 3.53. The molecule has 0 atom stereocenters. The lowest BCUT2D eigenvalue weighted by Gasteiger charge is -2.19. The van der Waals surface area contributed by atoms with E-state index in [9.17, 15) is 8.42 Å². The van der Waals surface area contributed by atoms with E-state index in [0.29, 0.717) is 5.92 Å². The summed E-state index contributed by atoms with van der Waals surface area (Å²) in [5.74, 6) is 0.451.